The van der Waals surface area contributed by atoms with E-state index in [-0.39, 0.29) is 0 Å². The molecule has 99 valence electrons. The first kappa shape index (κ1) is 13.5. The van der Waals surface area contributed by atoms with Gasteiger partial charge >= 0.3 is 6.18 Å². The van der Waals surface area contributed by atoms with E-state index in [1.54, 1.807) is 18.2 Å². The van der Waals surface area contributed by atoms with E-state index in [4.69, 9.17) is 4.74 Å². The zero-order chi connectivity index (χ0) is 13.7. The van der Waals surface area contributed by atoms with Gasteiger partial charge in [-0.1, -0.05) is 36.4 Å². The molecule has 0 fully saturated rings. The zero-order valence-corrected chi connectivity index (χ0v) is 10.1. The fraction of sp³-hybridized carbons (Fsp3) is 0.200. The Morgan fingerprint density at radius 1 is 1.05 bits per heavy atom. The summed E-state index contributed by atoms with van der Waals surface area (Å²) in [5.41, 5.74) is -0.0259. The van der Waals surface area contributed by atoms with Crippen LogP contribution in [0.3, 0.4) is 0 Å². The third-order valence-corrected chi connectivity index (χ3v) is 2.58. The van der Waals surface area contributed by atoms with E-state index in [0.29, 0.717) is 24.3 Å². The predicted octanol–water partition coefficient (Wildman–Crippen LogP) is 4.13. The molecule has 0 saturated heterocycles. The molecule has 1 radical (unpaired) electrons. The lowest BCUT2D eigenvalue weighted by atomic mass is 10.1. The van der Waals surface area contributed by atoms with Crippen LogP contribution in [0.4, 0.5) is 13.2 Å². The first-order valence-electron chi connectivity index (χ1n) is 5.81. The van der Waals surface area contributed by atoms with Crippen LogP contribution in [0.5, 0.6) is 5.75 Å². The van der Waals surface area contributed by atoms with Crippen LogP contribution in [-0.4, -0.2) is 6.61 Å². The summed E-state index contributed by atoms with van der Waals surface area (Å²) in [6, 6.07) is 15.3. The summed E-state index contributed by atoms with van der Waals surface area (Å²) >= 11 is 0. The second kappa shape index (κ2) is 5.78. The number of benzene rings is 2. The van der Waals surface area contributed by atoms with Crippen LogP contribution in [-0.2, 0) is 12.6 Å². The van der Waals surface area contributed by atoms with Crippen molar-refractivity contribution in [2.45, 2.75) is 12.6 Å². The molecule has 0 saturated carbocycles. The molecule has 0 unspecified atom stereocenters. The van der Waals surface area contributed by atoms with Crippen molar-refractivity contribution < 1.29 is 17.9 Å². The molecule has 0 bridgehead atoms. The summed E-state index contributed by atoms with van der Waals surface area (Å²) in [6.07, 6.45) is -3.88. The lowest BCUT2D eigenvalue weighted by Gasteiger charge is -2.09. The lowest BCUT2D eigenvalue weighted by molar-refractivity contribution is -0.137. The molecule has 1 nitrogen and oxygen atoms in total. The molecular formula is C15H12F3O. The van der Waals surface area contributed by atoms with E-state index in [2.05, 4.69) is 6.07 Å². The van der Waals surface area contributed by atoms with Gasteiger partial charge in [0.2, 0.25) is 0 Å². The third kappa shape index (κ3) is 4.02. The fourth-order valence-electron chi connectivity index (χ4n) is 1.65. The summed E-state index contributed by atoms with van der Waals surface area (Å²) in [4.78, 5) is 0. The highest BCUT2D eigenvalue weighted by molar-refractivity contribution is 5.26. The van der Waals surface area contributed by atoms with Gasteiger partial charge in [0.05, 0.1) is 12.2 Å². The van der Waals surface area contributed by atoms with E-state index >= 15 is 0 Å². The van der Waals surface area contributed by atoms with Gasteiger partial charge < -0.3 is 4.74 Å². The molecule has 0 aliphatic carbocycles. The van der Waals surface area contributed by atoms with Crippen molar-refractivity contribution in [1.82, 2.24) is 0 Å². The number of hydrogen-bond acceptors (Lipinski definition) is 1. The maximum atomic E-state index is 12.5. The van der Waals surface area contributed by atoms with Crippen LogP contribution in [0.25, 0.3) is 0 Å². The number of alkyl halides is 3. The lowest BCUT2D eigenvalue weighted by Crippen LogP contribution is -2.07. The molecule has 0 amide bonds. The molecule has 0 N–H and O–H groups in total. The molecule has 0 spiro atoms. The molecule has 0 aliphatic heterocycles. The Bertz CT molecular complexity index is 520. The molecule has 0 heterocycles. The Labute approximate surface area is 109 Å². The minimum Gasteiger partial charge on any atom is -0.493 e. The van der Waals surface area contributed by atoms with E-state index in [9.17, 15) is 13.2 Å². The second-order valence-corrected chi connectivity index (χ2v) is 4.02. The van der Waals surface area contributed by atoms with Gasteiger partial charge in [-0.05, 0) is 17.7 Å². The Morgan fingerprint density at radius 3 is 2.58 bits per heavy atom. The number of rotatable bonds is 4. The van der Waals surface area contributed by atoms with Crippen molar-refractivity contribution >= 4 is 0 Å². The van der Waals surface area contributed by atoms with Crippen molar-refractivity contribution in [3.05, 3.63) is 65.7 Å². The highest BCUT2D eigenvalue weighted by atomic mass is 19.4. The van der Waals surface area contributed by atoms with Gasteiger partial charge in [-0.2, -0.15) is 13.2 Å². The quantitative estimate of drug-likeness (QED) is 0.807. The average molecular weight is 265 g/mol. The van der Waals surface area contributed by atoms with Gasteiger partial charge in [-0.15, -0.1) is 0 Å². The standard InChI is InChI=1S/C15H12F3O/c16-15(17,18)13-6-4-5-12(11-13)9-10-19-14-7-2-1-3-8-14/h1-7,11H,9-10H2. The topological polar surface area (TPSA) is 9.23 Å². The van der Waals surface area contributed by atoms with Crippen LogP contribution in [0.1, 0.15) is 11.1 Å². The first-order valence-corrected chi connectivity index (χ1v) is 5.81. The SMILES string of the molecule is FC(F)(F)c1cccc(CCOc2[c]cccc2)c1. The minimum absolute atomic E-state index is 0.321. The molecule has 0 aromatic heterocycles. The van der Waals surface area contributed by atoms with Crippen LogP contribution in [0.15, 0.2) is 48.5 Å². The predicted molar refractivity (Wildman–Crippen MR) is 65.9 cm³/mol. The summed E-state index contributed by atoms with van der Waals surface area (Å²) in [5, 5.41) is 0. The first-order chi connectivity index (χ1) is 9.05. The van der Waals surface area contributed by atoms with Crippen LogP contribution < -0.4 is 4.74 Å². The normalized spacial score (nSPS) is 11.3. The number of ether oxygens (including phenoxy) is 1. The second-order valence-electron chi connectivity index (χ2n) is 4.02. The van der Waals surface area contributed by atoms with Crippen molar-refractivity contribution in [3.63, 3.8) is 0 Å². The smallest absolute Gasteiger partial charge is 0.416 e. The molecule has 4 heteroatoms. The summed E-state index contributed by atoms with van der Waals surface area (Å²) in [7, 11) is 0. The van der Waals surface area contributed by atoms with E-state index in [1.807, 2.05) is 12.1 Å². The average Bonchev–Trinajstić information content (AvgIpc) is 2.39. The number of hydrogen-bond donors (Lipinski definition) is 0. The largest absolute Gasteiger partial charge is 0.493 e. The van der Waals surface area contributed by atoms with E-state index in [0.717, 1.165) is 12.1 Å². The monoisotopic (exact) mass is 265 g/mol. The molecule has 19 heavy (non-hydrogen) atoms. The highest BCUT2D eigenvalue weighted by Crippen LogP contribution is 2.29. The molecule has 2 rings (SSSR count). The molecule has 2 aromatic carbocycles. The van der Waals surface area contributed by atoms with Crippen LogP contribution in [0.2, 0.25) is 0 Å². The van der Waals surface area contributed by atoms with Crippen LogP contribution >= 0.6 is 0 Å². The van der Waals surface area contributed by atoms with Gasteiger partial charge in [-0.3, -0.25) is 0 Å². The van der Waals surface area contributed by atoms with Gasteiger partial charge in [0.25, 0.3) is 0 Å². The van der Waals surface area contributed by atoms with E-state index < -0.39 is 11.7 Å². The van der Waals surface area contributed by atoms with Crippen molar-refractivity contribution in [1.29, 1.82) is 0 Å². The van der Waals surface area contributed by atoms with Crippen molar-refractivity contribution in [3.8, 4) is 5.75 Å². The minimum atomic E-state index is -4.30. The zero-order valence-electron chi connectivity index (χ0n) is 10.1. The highest BCUT2D eigenvalue weighted by Gasteiger charge is 2.30. The van der Waals surface area contributed by atoms with Gasteiger partial charge in [0.15, 0.2) is 0 Å². The Morgan fingerprint density at radius 2 is 1.89 bits per heavy atom. The summed E-state index contributed by atoms with van der Waals surface area (Å²) in [6.45, 7) is 0.321. The fourth-order valence-corrected chi connectivity index (χ4v) is 1.65. The summed E-state index contributed by atoms with van der Waals surface area (Å²) in [5.74, 6) is 0.592. The van der Waals surface area contributed by atoms with Gasteiger partial charge in [0, 0.05) is 12.5 Å². The molecule has 2 aromatic rings. The number of halogens is 3. The maximum absolute atomic E-state index is 12.5. The van der Waals surface area contributed by atoms with Crippen molar-refractivity contribution in [2.24, 2.45) is 0 Å². The molecule has 0 atom stereocenters. The maximum Gasteiger partial charge on any atom is 0.416 e. The number of para-hydroxylation sites is 1. The third-order valence-electron chi connectivity index (χ3n) is 2.58. The Kier molecular flexibility index (Phi) is 4.10. The van der Waals surface area contributed by atoms with Gasteiger partial charge in [-0.25, -0.2) is 0 Å². The summed E-state index contributed by atoms with van der Waals surface area (Å²) < 4.78 is 43.0. The molecular weight excluding hydrogens is 253 g/mol. The van der Waals surface area contributed by atoms with Crippen LogP contribution in [0, 0.1) is 6.07 Å². The van der Waals surface area contributed by atoms with Crippen molar-refractivity contribution in [2.75, 3.05) is 6.61 Å². The molecule has 0 aliphatic rings. The Hall–Kier alpha value is -1.97. The van der Waals surface area contributed by atoms with Gasteiger partial charge in [0.1, 0.15) is 5.75 Å². The van der Waals surface area contributed by atoms with E-state index in [1.165, 1.54) is 6.07 Å². The Balaban J connectivity index is 1.93.